The third-order valence-electron chi connectivity index (χ3n) is 2.41. The van der Waals surface area contributed by atoms with Crippen molar-refractivity contribution in [2.24, 2.45) is 5.92 Å². The van der Waals surface area contributed by atoms with Gasteiger partial charge in [-0.05, 0) is 24.4 Å². The molecule has 0 fully saturated rings. The average Bonchev–Trinajstić information content (AvgIpc) is 2.64. The smallest absolute Gasteiger partial charge is 0.145 e. The zero-order valence-corrected chi connectivity index (χ0v) is 11.8. The van der Waals surface area contributed by atoms with Crippen molar-refractivity contribution in [3.63, 3.8) is 0 Å². The van der Waals surface area contributed by atoms with Crippen LogP contribution in [0.2, 0.25) is 5.15 Å². The van der Waals surface area contributed by atoms with Gasteiger partial charge in [-0.15, -0.1) is 11.3 Å². The highest BCUT2D eigenvalue weighted by Gasteiger charge is 2.09. The van der Waals surface area contributed by atoms with Crippen molar-refractivity contribution in [2.75, 3.05) is 13.6 Å². The molecule has 0 unspecified atom stereocenters. The Morgan fingerprint density at radius 3 is 2.88 bits per heavy atom. The topological polar surface area (TPSA) is 29.0 Å². The molecule has 0 amide bonds. The van der Waals surface area contributed by atoms with Gasteiger partial charge in [-0.3, -0.25) is 4.90 Å². The molecule has 0 radical (unpaired) electrons. The maximum Gasteiger partial charge on any atom is 0.145 e. The molecular formula is C12H16ClN3S. The zero-order chi connectivity index (χ0) is 12.4. The maximum atomic E-state index is 6.13. The lowest BCUT2D eigenvalue weighted by Gasteiger charge is -2.17. The summed E-state index contributed by atoms with van der Waals surface area (Å²) < 4.78 is 0. The Bertz CT molecular complexity index is 509. The number of halogens is 1. The Labute approximate surface area is 110 Å². The van der Waals surface area contributed by atoms with E-state index in [1.165, 1.54) is 0 Å². The summed E-state index contributed by atoms with van der Waals surface area (Å²) in [6.45, 7) is 6.18. The van der Waals surface area contributed by atoms with E-state index in [0.717, 1.165) is 29.1 Å². The Balaban J connectivity index is 2.18. The van der Waals surface area contributed by atoms with Gasteiger partial charge in [-0.25, -0.2) is 9.97 Å². The number of thiophene rings is 1. The van der Waals surface area contributed by atoms with Gasteiger partial charge in [-0.1, -0.05) is 25.4 Å². The van der Waals surface area contributed by atoms with Crippen LogP contribution in [0.4, 0.5) is 0 Å². The predicted molar refractivity (Wildman–Crippen MR) is 73.6 cm³/mol. The van der Waals surface area contributed by atoms with Crippen molar-refractivity contribution >= 4 is 33.2 Å². The lowest BCUT2D eigenvalue weighted by molar-refractivity contribution is 0.282. The van der Waals surface area contributed by atoms with E-state index in [9.17, 15) is 0 Å². The number of nitrogens with zero attached hydrogens (tertiary/aromatic N) is 3. The van der Waals surface area contributed by atoms with Crippen LogP contribution in [-0.4, -0.2) is 28.5 Å². The summed E-state index contributed by atoms with van der Waals surface area (Å²) in [4.78, 5) is 12.1. The van der Waals surface area contributed by atoms with Crippen molar-refractivity contribution in [2.45, 2.75) is 20.4 Å². The molecule has 0 N–H and O–H groups in total. The van der Waals surface area contributed by atoms with Crippen LogP contribution in [-0.2, 0) is 6.54 Å². The second kappa shape index (κ2) is 5.29. The number of hydrogen-bond donors (Lipinski definition) is 0. The van der Waals surface area contributed by atoms with Crippen molar-refractivity contribution in [1.82, 2.24) is 14.9 Å². The Hall–Kier alpha value is -0.710. The molecular weight excluding hydrogens is 254 g/mol. The number of hydrogen-bond acceptors (Lipinski definition) is 4. The molecule has 0 saturated carbocycles. The van der Waals surface area contributed by atoms with E-state index in [0.29, 0.717) is 11.1 Å². The summed E-state index contributed by atoms with van der Waals surface area (Å²) >= 11 is 7.73. The van der Waals surface area contributed by atoms with Gasteiger partial charge in [0.1, 0.15) is 15.8 Å². The number of fused-ring (bicyclic) bond motifs is 1. The van der Waals surface area contributed by atoms with Crippen molar-refractivity contribution < 1.29 is 0 Å². The van der Waals surface area contributed by atoms with E-state index in [2.05, 4.69) is 35.8 Å². The highest BCUT2D eigenvalue weighted by Crippen LogP contribution is 2.24. The summed E-state index contributed by atoms with van der Waals surface area (Å²) in [5.41, 5.74) is 0. The van der Waals surface area contributed by atoms with Crippen LogP contribution in [0.1, 0.15) is 19.7 Å². The van der Waals surface area contributed by atoms with Crippen molar-refractivity contribution in [3.05, 3.63) is 22.4 Å². The molecule has 0 spiro atoms. The minimum Gasteiger partial charge on any atom is -0.299 e. The summed E-state index contributed by atoms with van der Waals surface area (Å²) in [7, 11) is 2.08. The fourth-order valence-electron chi connectivity index (χ4n) is 1.86. The lowest BCUT2D eigenvalue weighted by Crippen LogP contribution is -2.23. The highest BCUT2D eigenvalue weighted by molar-refractivity contribution is 7.16. The molecule has 2 rings (SSSR count). The van der Waals surface area contributed by atoms with Gasteiger partial charge in [-0.2, -0.15) is 0 Å². The molecule has 2 aromatic heterocycles. The molecule has 0 bridgehead atoms. The molecule has 2 aromatic rings. The first kappa shape index (κ1) is 12.7. The fourth-order valence-corrected chi connectivity index (χ4v) is 2.95. The second-order valence-electron chi connectivity index (χ2n) is 4.66. The second-order valence-corrected chi connectivity index (χ2v) is 5.91. The van der Waals surface area contributed by atoms with Crippen molar-refractivity contribution in [3.8, 4) is 0 Å². The van der Waals surface area contributed by atoms with Gasteiger partial charge in [0.25, 0.3) is 0 Å². The standard InChI is InChI=1S/C12H16ClN3S/c1-8(2)6-16(3)7-10-14-11(13)9-4-5-17-12(9)15-10/h4-5,8H,6-7H2,1-3H3. The van der Waals surface area contributed by atoms with Crippen molar-refractivity contribution in [1.29, 1.82) is 0 Å². The van der Waals surface area contributed by atoms with Crippen LogP contribution in [0.5, 0.6) is 0 Å². The summed E-state index contributed by atoms with van der Waals surface area (Å²) in [6.07, 6.45) is 0. The molecule has 2 heterocycles. The molecule has 0 saturated heterocycles. The van der Waals surface area contributed by atoms with E-state index >= 15 is 0 Å². The van der Waals surface area contributed by atoms with Gasteiger partial charge in [0.05, 0.1) is 6.54 Å². The number of aromatic nitrogens is 2. The predicted octanol–water partition coefficient (Wildman–Crippen LogP) is 3.43. The molecule has 17 heavy (non-hydrogen) atoms. The van der Waals surface area contributed by atoms with E-state index in [1.54, 1.807) is 11.3 Å². The fraction of sp³-hybridized carbons (Fsp3) is 0.500. The first-order chi connectivity index (χ1) is 8.06. The summed E-state index contributed by atoms with van der Waals surface area (Å²) in [5.74, 6) is 1.44. The molecule has 5 heteroatoms. The molecule has 3 nitrogen and oxygen atoms in total. The monoisotopic (exact) mass is 269 g/mol. The van der Waals surface area contributed by atoms with Gasteiger partial charge in [0.2, 0.25) is 0 Å². The molecule has 0 aliphatic carbocycles. The van der Waals surface area contributed by atoms with Gasteiger partial charge in [0.15, 0.2) is 0 Å². The highest BCUT2D eigenvalue weighted by atomic mass is 35.5. The van der Waals surface area contributed by atoms with Crippen LogP contribution in [0.25, 0.3) is 10.2 Å². The largest absolute Gasteiger partial charge is 0.299 e. The van der Waals surface area contributed by atoms with Crippen LogP contribution in [0.15, 0.2) is 11.4 Å². The maximum absolute atomic E-state index is 6.13. The SMILES string of the molecule is CC(C)CN(C)Cc1nc(Cl)c2ccsc2n1. The third kappa shape index (κ3) is 3.15. The summed E-state index contributed by atoms with van der Waals surface area (Å²) in [6, 6.07) is 1.96. The minimum absolute atomic E-state index is 0.559. The molecule has 0 aliphatic rings. The number of rotatable bonds is 4. The molecule has 0 aromatic carbocycles. The molecule has 0 atom stereocenters. The first-order valence-corrected chi connectivity index (χ1v) is 6.90. The van der Waals surface area contributed by atoms with Gasteiger partial charge in [0, 0.05) is 11.9 Å². The van der Waals surface area contributed by atoms with Crippen LogP contribution in [0, 0.1) is 5.92 Å². The Kier molecular flexibility index (Phi) is 3.97. The molecule has 0 aliphatic heterocycles. The van der Waals surface area contributed by atoms with E-state index in [4.69, 9.17) is 11.6 Å². The van der Waals surface area contributed by atoms with Gasteiger partial charge < -0.3 is 0 Å². The summed E-state index contributed by atoms with van der Waals surface area (Å²) in [5, 5.41) is 3.50. The first-order valence-electron chi connectivity index (χ1n) is 5.64. The lowest BCUT2D eigenvalue weighted by atomic mass is 10.2. The van der Waals surface area contributed by atoms with Crippen LogP contribution < -0.4 is 0 Å². The van der Waals surface area contributed by atoms with Gasteiger partial charge >= 0.3 is 0 Å². The minimum atomic E-state index is 0.559. The zero-order valence-electron chi connectivity index (χ0n) is 10.3. The van der Waals surface area contributed by atoms with Crippen LogP contribution >= 0.6 is 22.9 Å². The average molecular weight is 270 g/mol. The quantitative estimate of drug-likeness (QED) is 0.797. The van der Waals surface area contributed by atoms with E-state index in [-0.39, 0.29) is 0 Å². The normalized spacial score (nSPS) is 11.9. The van der Waals surface area contributed by atoms with Crippen LogP contribution in [0.3, 0.4) is 0 Å². The van der Waals surface area contributed by atoms with E-state index in [1.807, 2.05) is 11.4 Å². The Morgan fingerprint density at radius 1 is 1.41 bits per heavy atom. The van der Waals surface area contributed by atoms with E-state index < -0.39 is 0 Å². The molecule has 92 valence electrons. The third-order valence-corrected chi connectivity index (χ3v) is 3.51. The Morgan fingerprint density at radius 2 is 2.18 bits per heavy atom.